The number of carboxylic acids is 1. The Hall–Kier alpha value is -1.31. The first-order valence-corrected chi connectivity index (χ1v) is 8.94. The average molecular weight is 306 g/mol. The van der Waals surface area contributed by atoms with Crippen molar-refractivity contribution < 1.29 is 9.90 Å². The molecule has 0 unspecified atom stereocenters. The van der Waals surface area contributed by atoms with E-state index in [-0.39, 0.29) is 0 Å². The fourth-order valence-corrected chi connectivity index (χ4v) is 2.26. The molecule has 2 heteroatoms. The second-order valence-electron chi connectivity index (χ2n) is 5.76. The Morgan fingerprint density at radius 2 is 1.64 bits per heavy atom. The van der Waals surface area contributed by atoms with E-state index in [1.165, 1.54) is 31.3 Å². The highest BCUT2D eigenvalue weighted by Crippen LogP contribution is 2.09. The maximum atomic E-state index is 10.4. The molecular formula is C20H34O2. The Labute approximate surface area is 137 Å². The van der Waals surface area contributed by atoms with Crippen LogP contribution in [0.2, 0.25) is 0 Å². The molecule has 0 saturated carbocycles. The lowest BCUT2D eigenvalue weighted by atomic mass is 10.1. The summed E-state index contributed by atoms with van der Waals surface area (Å²) >= 11 is 0. The van der Waals surface area contributed by atoms with Crippen LogP contribution in [0.15, 0.2) is 36.0 Å². The van der Waals surface area contributed by atoms with Crippen molar-refractivity contribution in [2.75, 3.05) is 0 Å². The van der Waals surface area contributed by atoms with Crippen LogP contribution in [0.25, 0.3) is 0 Å². The van der Waals surface area contributed by atoms with Gasteiger partial charge in [-0.1, -0.05) is 75.5 Å². The van der Waals surface area contributed by atoms with Crippen LogP contribution < -0.4 is 0 Å². The number of unbranched alkanes of at least 4 members (excludes halogenated alkanes) is 7. The smallest absolute Gasteiger partial charge is 0.303 e. The lowest BCUT2D eigenvalue weighted by molar-refractivity contribution is -0.137. The minimum atomic E-state index is -0.681. The van der Waals surface area contributed by atoms with Gasteiger partial charge in [0.15, 0.2) is 0 Å². The predicted octanol–water partition coefficient (Wildman–Crippen LogP) is 6.44. The van der Waals surface area contributed by atoms with Crippen LogP contribution in [-0.2, 0) is 4.79 Å². The van der Waals surface area contributed by atoms with Crippen molar-refractivity contribution in [1.29, 1.82) is 0 Å². The first-order chi connectivity index (χ1) is 10.7. The fraction of sp³-hybridized carbons (Fsp3) is 0.650. The Morgan fingerprint density at radius 3 is 2.32 bits per heavy atom. The molecule has 0 rings (SSSR count). The molecular weight excluding hydrogens is 272 g/mol. The van der Waals surface area contributed by atoms with Gasteiger partial charge in [0.2, 0.25) is 0 Å². The van der Waals surface area contributed by atoms with E-state index in [9.17, 15) is 4.79 Å². The van der Waals surface area contributed by atoms with E-state index in [0.717, 1.165) is 38.5 Å². The molecule has 0 spiro atoms. The van der Waals surface area contributed by atoms with E-state index in [4.69, 9.17) is 5.11 Å². The van der Waals surface area contributed by atoms with Crippen LogP contribution in [0.1, 0.15) is 84.5 Å². The van der Waals surface area contributed by atoms with Gasteiger partial charge in [-0.2, -0.15) is 0 Å². The first-order valence-electron chi connectivity index (χ1n) is 8.94. The zero-order valence-electron chi connectivity index (χ0n) is 14.5. The van der Waals surface area contributed by atoms with Gasteiger partial charge in [0.1, 0.15) is 0 Å². The van der Waals surface area contributed by atoms with Crippen molar-refractivity contribution in [3.63, 3.8) is 0 Å². The third-order valence-corrected chi connectivity index (χ3v) is 3.69. The van der Waals surface area contributed by atoms with E-state index in [1.807, 2.05) is 0 Å². The van der Waals surface area contributed by atoms with E-state index >= 15 is 0 Å². The maximum Gasteiger partial charge on any atom is 0.303 e. The summed E-state index contributed by atoms with van der Waals surface area (Å²) in [6.45, 7) is 4.44. The molecule has 0 amide bonds. The molecule has 0 aromatic heterocycles. The van der Waals surface area contributed by atoms with Gasteiger partial charge in [-0.05, 0) is 38.5 Å². The van der Waals surface area contributed by atoms with Crippen molar-refractivity contribution >= 4 is 5.97 Å². The second-order valence-corrected chi connectivity index (χ2v) is 5.76. The van der Waals surface area contributed by atoms with Gasteiger partial charge >= 0.3 is 5.97 Å². The number of carboxylic acid groups (broad SMARTS) is 1. The Bertz CT molecular complexity index is 351. The lowest BCUT2D eigenvalue weighted by Gasteiger charge is -1.98. The highest BCUT2D eigenvalue weighted by atomic mass is 16.4. The molecule has 0 fully saturated rings. The molecule has 126 valence electrons. The number of hydrogen-bond acceptors (Lipinski definition) is 1. The standard InChI is InChI=1S/C20H34O2/c1-3-5-6-13-16-19(4-2)17-14-11-9-7-8-10-12-15-18-20(21)22/h9,11,14,16-17H,3-8,10,12-13,15,18H2,1-2H3,(H,21,22)/b11-9-,17-14+,19-16-. The summed E-state index contributed by atoms with van der Waals surface area (Å²) < 4.78 is 0. The quantitative estimate of drug-likeness (QED) is 0.296. The zero-order valence-corrected chi connectivity index (χ0v) is 14.5. The maximum absolute atomic E-state index is 10.4. The normalized spacial score (nSPS) is 12.5. The minimum absolute atomic E-state index is 0.308. The van der Waals surface area contributed by atoms with Crippen molar-refractivity contribution in [2.24, 2.45) is 0 Å². The fourth-order valence-electron chi connectivity index (χ4n) is 2.26. The number of rotatable bonds is 14. The molecule has 0 aromatic carbocycles. The topological polar surface area (TPSA) is 37.3 Å². The molecule has 0 aliphatic rings. The Morgan fingerprint density at radius 1 is 0.909 bits per heavy atom. The number of carbonyl (C=O) groups is 1. The molecule has 0 aromatic rings. The highest BCUT2D eigenvalue weighted by molar-refractivity contribution is 5.66. The Kier molecular flexibility index (Phi) is 15.1. The van der Waals surface area contributed by atoms with E-state index in [0.29, 0.717) is 6.42 Å². The van der Waals surface area contributed by atoms with E-state index in [1.54, 1.807) is 0 Å². The van der Waals surface area contributed by atoms with E-state index < -0.39 is 5.97 Å². The summed E-state index contributed by atoms with van der Waals surface area (Å²) in [5, 5.41) is 8.54. The molecule has 0 radical (unpaired) electrons. The number of allylic oxidation sites excluding steroid dienone is 6. The van der Waals surface area contributed by atoms with Crippen LogP contribution in [-0.4, -0.2) is 11.1 Å². The SMILES string of the molecule is CCCCC\C=C(/C=C/C=C\CCCCCCC(=O)O)CC. The third kappa shape index (κ3) is 15.1. The average Bonchev–Trinajstić information content (AvgIpc) is 2.50. The van der Waals surface area contributed by atoms with Crippen LogP contribution in [0.4, 0.5) is 0 Å². The van der Waals surface area contributed by atoms with Gasteiger partial charge in [-0.15, -0.1) is 0 Å². The molecule has 0 bridgehead atoms. The molecule has 0 heterocycles. The van der Waals surface area contributed by atoms with Crippen LogP contribution in [0, 0.1) is 0 Å². The van der Waals surface area contributed by atoms with Crippen LogP contribution in [0.5, 0.6) is 0 Å². The number of aliphatic carboxylic acids is 1. The summed E-state index contributed by atoms with van der Waals surface area (Å²) in [7, 11) is 0. The van der Waals surface area contributed by atoms with Crippen LogP contribution >= 0.6 is 0 Å². The van der Waals surface area contributed by atoms with Crippen molar-refractivity contribution in [3.05, 3.63) is 36.0 Å². The summed E-state index contributed by atoms with van der Waals surface area (Å²) in [4.78, 5) is 10.4. The third-order valence-electron chi connectivity index (χ3n) is 3.69. The Balaban J connectivity index is 3.69. The van der Waals surface area contributed by atoms with Crippen molar-refractivity contribution in [1.82, 2.24) is 0 Å². The second kappa shape index (κ2) is 16.1. The summed E-state index contributed by atoms with van der Waals surface area (Å²) in [6.07, 6.45) is 22.7. The van der Waals surface area contributed by atoms with Gasteiger partial charge in [0, 0.05) is 6.42 Å². The first kappa shape index (κ1) is 20.7. The summed E-state index contributed by atoms with van der Waals surface area (Å²) in [5.74, 6) is -0.681. The highest BCUT2D eigenvalue weighted by Gasteiger charge is 1.95. The molecule has 22 heavy (non-hydrogen) atoms. The molecule has 2 nitrogen and oxygen atoms in total. The monoisotopic (exact) mass is 306 g/mol. The van der Waals surface area contributed by atoms with Crippen LogP contribution in [0.3, 0.4) is 0 Å². The molecule has 0 saturated heterocycles. The van der Waals surface area contributed by atoms with Gasteiger partial charge in [0.05, 0.1) is 0 Å². The summed E-state index contributed by atoms with van der Waals surface area (Å²) in [5.41, 5.74) is 1.43. The lowest BCUT2D eigenvalue weighted by Crippen LogP contribution is -1.93. The van der Waals surface area contributed by atoms with Crippen molar-refractivity contribution in [3.8, 4) is 0 Å². The van der Waals surface area contributed by atoms with Gasteiger partial charge in [0.25, 0.3) is 0 Å². The molecule has 1 N–H and O–H groups in total. The molecule has 0 aliphatic heterocycles. The minimum Gasteiger partial charge on any atom is -0.481 e. The van der Waals surface area contributed by atoms with Gasteiger partial charge in [-0.3, -0.25) is 4.79 Å². The molecule has 0 atom stereocenters. The summed E-state index contributed by atoms with van der Waals surface area (Å²) in [6, 6.07) is 0. The zero-order chi connectivity index (χ0) is 16.5. The van der Waals surface area contributed by atoms with Gasteiger partial charge in [-0.25, -0.2) is 0 Å². The van der Waals surface area contributed by atoms with E-state index in [2.05, 4.69) is 44.2 Å². The van der Waals surface area contributed by atoms with Gasteiger partial charge < -0.3 is 5.11 Å². The number of hydrogen-bond donors (Lipinski definition) is 1. The molecule has 0 aliphatic carbocycles. The largest absolute Gasteiger partial charge is 0.481 e. The predicted molar refractivity (Wildman–Crippen MR) is 96.1 cm³/mol. The van der Waals surface area contributed by atoms with Crippen molar-refractivity contribution in [2.45, 2.75) is 84.5 Å².